The number of hydrogen-bond donors (Lipinski definition) is 2. The van der Waals surface area contributed by atoms with Gasteiger partial charge in [-0.1, -0.05) is 30.3 Å². The van der Waals surface area contributed by atoms with Crippen molar-refractivity contribution >= 4 is 16.9 Å². The largest absolute Gasteiger partial charge is 0.507 e. The quantitative estimate of drug-likeness (QED) is 0.388. The van der Waals surface area contributed by atoms with E-state index in [0.717, 1.165) is 5.56 Å². The van der Waals surface area contributed by atoms with Gasteiger partial charge in [-0.25, -0.2) is 9.18 Å². The molecular formula is C27H22FNO6. The molecule has 2 N–H and O–H groups in total. The van der Waals surface area contributed by atoms with E-state index in [2.05, 4.69) is 5.32 Å². The molecule has 1 aliphatic heterocycles. The molecule has 3 aromatic carbocycles. The number of rotatable bonds is 7. The van der Waals surface area contributed by atoms with Crippen molar-refractivity contribution in [2.75, 3.05) is 13.3 Å². The van der Waals surface area contributed by atoms with E-state index in [1.807, 2.05) is 0 Å². The Bertz CT molecular complexity index is 1450. The number of carbonyl (C=O) groups is 1. The third-order valence-electron chi connectivity index (χ3n) is 6.01. The van der Waals surface area contributed by atoms with E-state index in [0.29, 0.717) is 35.4 Å². The molecule has 0 bridgehead atoms. The molecule has 178 valence electrons. The van der Waals surface area contributed by atoms with Gasteiger partial charge in [0.05, 0.1) is 10.9 Å². The maximum atomic E-state index is 13.1. The van der Waals surface area contributed by atoms with Crippen LogP contribution in [0.15, 0.2) is 75.9 Å². The number of benzene rings is 3. The molecule has 4 aromatic rings. The molecule has 1 aromatic heterocycles. The van der Waals surface area contributed by atoms with Gasteiger partial charge in [-0.15, -0.1) is 0 Å². The highest BCUT2D eigenvalue weighted by molar-refractivity contribution is 5.85. The van der Waals surface area contributed by atoms with E-state index >= 15 is 0 Å². The van der Waals surface area contributed by atoms with Gasteiger partial charge < -0.3 is 24.3 Å². The summed E-state index contributed by atoms with van der Waals surface area (Å²) in [6, 6.07) is 17.9. The Kier molecular flexibility index (Phi) is 6.10. The average molecular weight is 475 g/mol. The maximum Gasteiger partial charge on any atom is 0.343 e. The highest BCUT2D eigenvalue weighted by Crippen LogP contribution is 2.40. The maximum absolute atomic E-state index is 13.1. The van der Waals surface area contributed by atoms with Gasteiger partial charge in [0.15, 0.2) is 11.5 Å². The topological polar surface area (TPSA) is 98.0 Å². The Hall–Kier alpha value is -4.33. The van der Waals surface area contributed by atoms with Crippen LogP contribution in [-0.4, -0.2) is 24.4 Å². The third kappa shape index (κ3) is 4.68. The monoisotopic (exact) mass is 475 g/mol. The van der Waals surface area contributed by atoms with Crippen LogP contribution < -0.4 is 20.4 Å². The lowest BCUT2D eigenvalue weighted by molar-refractivity contribution is -0.121. The Morgan fingerprint density at radius 2 is 1.80 bits per heavy atom. The summed E-state index contributed by atoms with van der Waals surface area (Å²) in [6.45, 7) is 0.410. The first-order valence-electron chi connectivity index (χ1n) is 11.1. The molecule has 7 nitrogen and oxygen atoms in total. The zero-order valence-electron chi connectivity index (χ0n) is 18.6. The van der Waals surface area contributed by atoms with Gasteiger partial charge in [-0.3, -0.25) is 4.79 Å². The summed E-state index contributed by atoms with van der Waals surface area (Å²) >= 11 is 0. The van der Waals surface area contributed by atoms with Crippen molar-refractivity contribution in [3.63, 3.8) is 0 Å². The number of amides is 1. The van der Waals surface area contributed by atoms with E-state index in [-0.39, 0.29) is 41.8 Å². The van der Waals surface area contributed by atoms with Crippen LogP contribution in [0.25, 0.3) is 11.0 Å². The zero-order chi connectivity index (χ0) is 24.4. The summed E-state index contributed by atoms with van der Waals surface area (Å²) in [6.07, 6.45) is 0.407. The number of aromatic hydroxyl groups is 1. The molecule has 0 fully saturated rings. The average Bonchev–Trinajstić information content (AvgIpc) is 3.33. The fraction of sp³-hybridized carbons (Fsp3) is 0.185. The van der Waals surface area contributed by atoms with Crippen LogP contribution in [0.2, 0.25) is 0 Å². The Labute approximate surface area is 199 Å². The summed E-state index contributed by atoms with van der Waals surface area (Å²) in [5.41, 5.74) is 1.01. The summed E-state index contributed by atoms with van der Waals surface area (Å²) < 4.78 is 29.4. The van der Waals surface area contributed by atoms with Gasteiger partial charge >= 0.3 is 5.63 Å². The first-order chi connectivity index (χ1) is 17.0. The molecule has 1 aliphatic rings. The molecule has 0 saturated carbocycles. The lowest BCUT2D eigenvalue weighted by atomic mass is 9.87. The van der Waals surface area contributed by atoms with Crippen LogP contribution in [-0.2, 0) is 11.2 Å². The predicted molar refractivity (Wildman–Crippen MR) is 126 cm³/mol. The molecule has 2 heterocycles. The fourth-order valence-electron chi connectivity index (χ4n) is 4.23. The Morgan fingerprint density at radius 3 is 2.63 bits per heavy atom. The van der Waals surface area contributed by atoms with Crippen LogP contribution >= 0.6 is 0 Å². The number of para-hydroxylation sites is 1. The van der Waals surface area contributed by atoms with Crippen LogP contribution in [0, 0.1) is 5.82 Å². The van der Waals surface area contributed by atoms with E-state index in [1.165, 1.54) is 12.1 Å². The molecule has 0 radical (unpaired) electrons. The summed E-state index contributed by atoms with van der Waals surface area (Å²) in [7, 11) is 0. The number of hydrogen-bond acceptors (Lipinski definition) is 6. The third-order valence-corrected chi connectivity index (χ3v) is 6.01. The molecule has 5 rings (SSSR count). The van der Waals surface area contributed by atoms with E-state index in [9.17, 15) is 19.1 Å². The Morgan fingerprint density at radius 1 is 1.03 bits per heavy atom. The van der Waals surface area contributed by atoms with E-state index in [4.69, 9.17) is 13.9 Å². The molecule has 0 saturated heterocycles. The number of nitrogens with one attached hydrogen (secondary N) is 1. The van der Waals surface area contributed by atoms with Crippen LogP contribution in [0.5, 0.6) is 17.2 Å². The summed E-state index contributed by atoms with van der Waals surface area (Å²) in [5, 5.41) is 14.3. The molecule has 8 heteroatoms. The van der Waals surface area contributed by atoms with Crippen molar-refractivity contribution in [2.45, 2.75) is 18.8 Å². The Balaban J connectivity index is 1.44. The van der Waals surface area contributed by atoms with Gasteiger partial charge in [0.25, 0.3) is 0 Å². The normalized spacial score (nSPS) is 13.1. The second kappa shape index (κ2) is 9.50. The minimum absolute atomic E-state index is 0.00347. The summed E-state index contributed by atoms with van der Waals surface area (Å²) in [5.74, 6) is -0.602. The molecule has 1 atom stereocenters. The van der Waals surface area contributed by atoms with E-state index < -0.39 is 11.5 Å². The summed E-state index contributed by atoms with van der Waals surface area (Å²) in [4.78, 5) is 25.9. The van der Waals surface area contributed by atoms with Crippen molar-refractivity contribution < 1.29 is 28.2 Å². The molecular weight excluding hydrogens is 453 g/mol. The van der Waals surface area contributed by atoms with Crippen molar-refractivity contribution in [1.82, 2.24) is 5.32 Å². The smallest absolute Gasteiger partial charge is 0.343 e. The minimum Gasteiger partial charge on any atom is -0.507 e. The van der Waals surface area contributed by atoms with Gasteiger partial charge in [0.1, 0.15) is 17.1 Å². The zero-order valence-corrected chi connectivity index (χ0v) is 18.6. The second-order valence-electron chi connectivity index (χ2n) is 8.24. The molecule has 1 amide bonds. The van der Waals surface area contributed by atoms with Gasteiger partial charge in [-0.05, 0) is 53.9 Å². The first-order valence-corrected chi connectivity index (χ1v) is 11.1. The van der Waals surface area contributed by atoms with Gasteiger partial charge in [0, 0.05) is 18.9 Å². The van der Waals surface area contributed by atoms with Crippen molar-refractivity contribution in [3.05, 3.63) is 99.7 Å². The SMILES string of the molecule is O=C(C[C@H](c1ccc2c(c1)OCO2)c1c(O)c2ccccc2oc1=O)NCCc1ccc(F)cc1. The van der Waals surface area contributed by atoms with Crippen LogP contribution in [0.4, 0.5) is 4.39 Å². The highest BCUT2D eigenvalue weighted by atomic mass is 19.1. The van der Waals surface area contributed by atoms with Crippen molar-refractivity contribution in [2.24, 2.45) is 0 Å². The molecule has 0 aliphatic carbocycles. The first kappa shape index (κ1) is 22.5. The standard InChI is InChI=1S/C27H22FNO6/c28-18-8-5-16(6-9-18)11-12-29-24(30)14-20(17-7-10-22-23(13-17)34-15-33-22)25-26(31)19-3-1-2-4-21(19)35-27(25)32/h1-10,13,20,31H,11-12,14-15H2,(H,29,30)/t20-/m1/s1. The minimum atomic E-state index is -0.795. The van der Waals surface area contributed by atoms with Gasteiger partial charge in [-0.2, -0.15) is 0 Å². The van der Waals surface area contributed by atoms with Crippen LogP contribution in [0.3, 0.4) is 0 Å². The predicted octanol–water partition coefficient (Wildman–Crippen LogP) is 4.25. The number of halogens is 1. The number of ether oxygens (including phenoxy) is 2. The number of fused-ring (bicyclic) bond motifs is 2. The lowest BCUT2D eigenvalue weighted by Crippen LogP contribution is -2.28. The molecule has 0 unspecified atom stereocenters. The number of carbonyl (C=O) groups excluding carboxylic acids is 1. The molecule has 0 spiro atoms. The lowest BCUT2D eigenvalue weighted by Gasteiger charge is -2.19. The van der Waals surface area contributed by atoms with Crippen LogP contribution in [0.1, 0.15) is 29.0 Å². The van der Waals surface area contributed by atoms with E-state index in [1.54, 1.807) is 54.6 Å². The van der Waals surface area contributed by atoms with Gasteiger partial charge in [0.2, 0.25) is 12.7 Å². The fourth-order valence-corrected chi connectivity index (χ4v) is 4.23. The van der Waals surface area contributed by atoms with Crippen molar-refractivity contribution in [3.8, 4) is 17.2 Å². The highest BCUT2D eigenvalue weighted by Gasteiger charge is 2.28. The van der Waals surface area contributed by atoms with Crippen molar-refractivity contribution in [1.29, 1.82) is 0 Å². The second-order valence-corrected chi connectivity index (χ2v) is 8.24. The molecule has 35 heavy (non-hydrogen) atoms.